The number of ether oxygens (including phenoxy) is 2. The monoisotopic (exact) mass is 257 g/mol. The molecule has 0 aliphatic carbocycles. The molecule has 0 spiro atoms. The topological polar surface area (TPSA) is 68.9 Å². The normalized spacial score (nSPS) is 11.4. The molecule has 0 heterocycles. The lowest BCUT2D eigenvalue weighted by atomic mass is 10.3. The third-order valence-corrected chi connectivity index (χ3v) is 2.17. The first-order valence-electron chi connectivity index (χ1n) is 5.13. The first kappa shape index (κ1) is 13.8. The lowest BCUT2D eigenvalue weighted by Crippen LogP contribution is -2.35. The van der Waals surface area contributed by atoms with Crippen LogP contribution in [0.5, 0.6) is 5.75 Å². The summed E-state index contributed by atoms with van der Waals surface area (Å²) in [6, 6.07) is 7.14. The van der Waals surface area contributed by atoms with Crippen LogP contribution in [0.2, 0.25) is 5.02 Å². The molecule has 0 atom stereocenters. The van der Waals surface area contributed by atoms with E-state index < -0.39 is 0 Å². The maximum absolute atomic E-state index is 5.83. The number of methoxy groups -OCH3 is 1. The first-order chi connectivity index (χ1) is 8.26. The van der Waals surface area contributed by atoms with Crippen molar-refractivity contribution in [3.63, 3.8) is 0 Å². The standard InChI is InChI=1S/C11H16ClN3O2/c1-16-6-5-14-11(15-13)8-17-10-4-2-3-9(12)7-10/h2-4,7H,5-6,8,13H2,1H3,(H,14,15). The Kier molecular flexibility index (Phi) is 6.39. The molecule has 0 aliphatic rings. The van der Waals surface area contributed by atoms with Crippen LogP contribution >= 0.6 is 11.6 Å². The molecule has 5 nitrogen and oxygen atoms in total. The van der Waals surface area contributed by atoms with Gasteiger partial charge in [-0.3, -0.25) is 4.99 Å². The Morgan fingerprint density at radius 2 is 2.35 bits per heavy atom. The van der Waals surface area contributed by atoms with Crippen LogP contribution in [0.4, 0.5) is 0 Å². The van der Waals surface area contributed by atoms with Gasteiger partial charge in [0.05, 0.1) is 13.2 Å². The molecular formula is C11H16ClN3O2. The molecule has 0 aliphatic heterocycles. The second kappa shape index (κ2) is 7.89. The molecule has 0 unspecified atom stereocenters. The maximum Gasteiger partial charge on any atom is 0.149 e. The summed E-state index contributed by atoms with van der Waals surface area (Å²) in [5, 5.41) is 0.626. The molecule has 17 heavy (non-hydrogen) atoms. The summed E-state index contributed by atoms with van der Waals surface area (Å²) in [5.41, 5.74) is 2.48. The molecule has 6 heteroatoms. The highest BCUT2D eigenvalue weighted by atomic mass is 35.5. The summed E-state index contributed by atoms with van der Waals surface area (Å²) in [4.78, 5) is 4.17. The lowest BCUT2D eigenvalue weighted by Gasteiger charge is -2.08. The Labute approximate surface area is 106 Å². The third-order valence-electron chi connectivity index (χ3n) is 1.94. The van der Waals surface area contributed by atoms with Crippen molar-refractivity contribution in [2.45, 2.75) is 0 Å². The van der Waals surface area contributed by atoms with E-state index in [1.807, 2.05) is 12.1 Å². The van der Waals surface area contributed by atoms with Crippen molar-refractivity contribution in [1.82, 2.24) is 5.43 Å². The molecule has 1 aromatic carbocycles. The summed E-state index contributed by atoms with van der Waals surface area (Å²) in [5.74, 6) is 6.55. The Morgan fingerprint density at radius 3 is 3.00 bits per heavy atom. The first-order valence-corrected chi connectivity index (χ1v) is 5.51. The van der Waals surface area contributed by atoms with E-state index in [1.54, 1.807) is 19.2 Å². The van der Waals surface area contributed by atoms with Gasteiger partial charge in [-0.25, -0.2) is 5.84 Å². The SMILES string of the molecule is COCCN=C(COc1cccc(Cl)c1)NN. The summed E-state index contributed by atoms with van der Waals surface area (Å²) in [6.07, 6.45) is 0. The molecule has 1 rings (SSSR count). The molecule has 0 radical (unpaired) electrons. The molecular weight excluding hydrogens is 242 g/mol. The Morgan fingerprint density at radius 1 is 1.53 bits per heavy atom. The Hall–Kier alpha value is -1.30. The lowest BCUT2D eigenvalue weighted by molar-refractivity contribution is 0.207. The molecule has 0 aromatic heterocycles. The third kappa shape index (κ3) is 5.53. The van der Waals surface area contributed by atoms with Gasteiger partial charge in [-0.2, -0.15) is 0 Å². The summed E-state index contributed by atoms with van der Waals surface area (Å²) >= 11 is 5.83. The zero-order valence-corrected chi connectivity index (χ0v) is 10.4. The van der Waals surface area contributed by atoms with Gasteiger partial charge in [-0.1, -0.05) is 17.7 Å². The van der Waals surface area contributed by atoms with Crippen LogP contribution in [0.25, 0.3) is 0 Å². The number of nitrogens with two attached hydrogens (primary N) is 1. The highest BCUT2D eigenvalue weighted by Crippen LogP contribution is 2.16. The van der Waals surface area contributed by atoms with E-state index in [9.17, 15) is 0 Å². The second-order valence-electron chi connectivity index (χ2n) is 3.21. The van der Waals surface area contributed by atoms with Gasteiger partial charge in [0.2, 0.25) is 0 Å². The minimum absolute atomic E-state index is 0.264. The Bertz CT molecular complexity index is 371. The smallest absolute Gasteiger partial charge is 0.149 e. The van der Waals surface area contributed by atoms with Gasteiger partial charge in [-0.05, 0) is 18.2 Å². The average molecular weight is 258 g/mol. The second-order valence-corrected chi connectivity index (χ2v) is 3.65. The molecule has 3 N–H and O–H groups in total. The number of hydrazine groups is 1. The van der Waals surface area contributed by atoms with Crippen LogP contribution in [0.15, 0.2) is 29.3 Å². The van der Waals surface area contributed by atoms with E-state index in [1.165, 1.54) is 0 Å². The predicted octanol–water partition coefficient (Wildman–Crippen LogP) is 1.23. The zero-order chi connectivity index (χ0) is 12.5. The van der Waals surface area contributed by atoms with E-state index >= 15 is 0 Å². The van der Waals surface area contributed by atoms with Gasteiger partial charge >= 0.3 is 0 Å². The number of hydrogen-bond acceptors (Lipinski definition) is 4. The average Bonchev–Trinajstić information content (AvgIpc) is 2.34. The number of nitrogens with zero attached hydrogens (tertiary/aromatic N) is 1. The van der Waals surface area contributed by atoms with Crippen LogP contribution in [0.3, 0.4) is 0 Å². The quantitative estimate of drug-likeness (QED) is 0.264. The molecule has 0 amide bonds. The fraction of sp³-hybridized carbons (Fsp3) is 0.364. The Balaban J connectivity index is 2.44. The molecule has 0 saturated carbocycles. The fourth-order valence-electron chi connectivity index (χ4n) is 1.11. The summed E-state index contributed by atoms with van der Waals surface area (Å²) in [6.45, 7) is 1.35. The number of nitrogens with one attached hydrogen (secondary N) is 1. The van der Waals surface area contributed by atoms with Crippen molar-refractivity contribution in [2.75, 3.05) is 26.9 Å². The minimum Gasteiger partial charge on any atom is -0.486 e. The van der Waals surface area contributed by atoms with E-state index in [0.29, 0.717) is 29.8 Å². The van der Waals surface area contributed by atoms with Gasteiger partial charge in [0, 0.05) is 12.1 Å². The van der Waals surface area contributed by atoms with Gasteiger partial charge in [0.1, 0.15) is 18.2 Å². The number of aliphatic imine (C=N–C) groups is 1. The van der Waals surface area contributed by atoms with Gasteiger partial charge in [0.25, 0.3) is 0 Å². The van der Waals surface area contributed by atoms with E-state index in [-0.39, 0.29) is 6.61 Å². The van der Waals surface area contributed by atoms with Crippen LogP contribution in [-0.4, -0.2) is 32.7 Å². The van der Waals surface area contributed by atoms with Crippen LogP contribution in [0, 0.1) is 0 Å². The predicted molar refractivity (Wildman–Crippen MR) is 68.4 cm³/mol. The molecule has 1 aromatic rings. The number of rotatable bonds is 6. The van der Waals surface area contributed by atoms with Crippen LogP contribution in [-0.2, 0) is 4.74 Å². The van der Waals surface area contributed by atoms with Crippen molar-refractivity contribution < 1.29 is 9.47 Å². The minimum atomic E-state index is 0.264. The van der Waals surface area contributed by atoms with Crippen molar-refractivity contribution >= 4 is 17.4 Å². The molecule has 94 valence electrons. The van der Waals surface area contributed by atoms with E-state index in [2.05, 4.69) is 10.4 Å². The number of amidine groups is 1. The van der Waals surface area contributed by atoms with E-state index in [4.69, 9.17) is 26.9 Å². The molecule has 0 saturated heterocycles. The number of benzene rings is 1. The number of halogens is 1. The largest absolute Gasteiger partial charge is 0.486 e. The van der Waals surface area contributed by atoms with Crippen molar-refractivity contribution in [3.05, 3.63) is 29.3 Å². The summed E-state index contributed by atoms with van der Waals surface area (Å²) in [7, 11) is 1.62. The van der Waals surface area contributed by atoms with Crippen molar-refractivity contribution in [3.8, 4) is 5.75 Å². The van der Waals surface area contributed by atoms with Gasteiger partial charge < -0.3 is 14.9 Å². The highest BCUT2D eigenvalue weighted by molar-refractivity contribution is 6.30. The van der Waals surface area contributed by atoms with E-state index in [0.717, 1.165) is 0 Å². The maximum atomic E-state index is 5.83. The fourth-order valence-corrected chi connectivity index (χ4v) is 1.29. The molecule has 0 fully saturated rings. The van der Waals surface area contributed by atoms with Crippen LogP contribution < -0.4 is 16.0 Å². The number of hydrogen-bond donors (Lipinski definition) is 2. The summed E-state index contributed by atoms with van der Waals surface area (Å²) < 4.78 is 10.4. The molecule has 0 bridgehead atoms. The van der Waals surface area contributed by atoms with Gasteiger partial charge in [-0.15, -0.1) is 0 Å². The van der Waals surface area contributed by atoms with Crippen LogP contribution in [0.1, 0.15) is 0 Å². The van der Waals surface area contributed by atoms with Crippen molar-refractivity contribution in [1.29, 1.82) is 0 Å². The highest BCUT2D eigenvalue weighted by Gasteiger charge is 1.99. The van der Waals surface area contributed by atoms with Gasteiger partial charge in [0.15, 0.2) is 0 Å². The van der Waals surface area contributed by atoms with Crippen molar-refractivity contribution in [2.24, 2.45) is 10.8 Å². The zero-order valence-electron chi connectivity index (χ0n) is 9.65.